The molecule has 0 amide bonds. The third-order valence-electron chi connectivity index (χ3n) is 2.86. The summed E-state index contributed by atoms with van der Waals surface area (Å²) in [7, 11) is 0. The van der Waals surface area contributed by atoms with Gasteiger partial charge in [-0.05, 0) is 31.4 Å². The maximum atomic E-state index is 8.94. The van der Waals surface area contributed by atoms with Crippen molar-refractivity contribution >= 4 is 11.6 Å². The Bertz CT molecular complexity index is 494. The number of rotatable bonds is 5. The molecule has 0 bridgehead atoms. The Morgan fingerprint density at radius 1 is 1.53 bits per heavy atom. The highest BCUT2D eigenvalue weighted by molar-refractivity contribution is 5.49. The summed E-state index contributed by atoms with van der Waals surface area (Å²) in [4.78, 5) is 4.44. The lowest BCUT2D eigenvalue weighted by atomic mass is 10.2. The molecule has 0 fully saturated rings. The molecule has 0 aliphatic carbocycles. The minimum Gasteiger partial charge on any atom is -0.396 e. The molecule has 0 saturated heterocycles. The van der Waals surface area contributed by atoms with Gasteiger partial charge in [-0.1, -0.05) is 13.0 Å². The molecule has 0 radical (unpaired) electrons. The largest absolute Gasteiger partial charge is 0.396 e. The van der Waals surface area contributed by atoms with E-state index >= 15 is 0 Å². The molecular weight excluding hydrogens is 216 g/mol. The van der Waals surface area contributed by atoms with Crippen molar-refractivity contribution in [3.63, 3.8) is 0 Å². The summed E-state index contributed by atoms with van der Waals surface area (Å²) >= 11 is 0. The van der Waals surface area contributed by atoms with Crippen LogP contribution in [0.3, 0.4) is 0 Å². The van der Waals surface area contributed by atoms with Crippen molar-refractivity contribution in [3.8, 4) is 0 Å². The van der Waals surface area contributed by atoms with E-state index in [0.717, 1.165) is 17.6 Å². The zero-order valence-corrected chi connectivity index (χ0v) is 10.2. The van der Waals surface area contributed by atoms with Crippen LogP contribution in [0.4, 0.5) is 5.95 Å². The smallest absolute Gasteiger partial charge is 0.243 e. The molecule has 0 aromatic carbocycles. The maximum Gasteiger partial charge on any atom is 0.243 e. The van der Waals surface area contributed by atoms with Gasteiger partial charge in [-0.25, -0.2) is 4.52 Å². The summed E-state index contributed by atoms with van der Waals surface area (Å²) in [6.45, 7) is 4.27. The van der Waals surface area contributed by atoms with Crippen molar-refractivity contribution in [2.45, 2.75) is 32.7 Å². The van der Waals surface area contributed by atoms with E-state index in [1.165, 1.54) is 0 Å². The number of aryl methyl sites for hydroxylation is 1. The SMILES string of the molecule is CCC(CCO)Nc1nc2c(C)cccn2n1. The van der Waals surface area contributed by atoms with Gasteiger partial charge >= 0.3 is 0 Å². The summed E-state index contributed by atoms with van der Waals surface area (Å²) in [6.07, 6.45) is 3.54. The molecule has 2 aromatic rings. The van der Waals surface area contributed by atoms with Gasteiger partial charge in [0.25, 0.3) is 0 Å². The van der Waals surface area contributed by atoms with E-state index in [2.05, 4.69) is 22.3 Å². The molecule has 1 atom stereocenters. The van der Waals surface area contributed by atoms with E-state index in [-0.39, 0.29) is 12.6 Å². The summed E-state index contributed by atoms with van der Waals surface area (Å²) in [5.41, 5.74) is 1.97. The van der Waals surface area contributed by atoms with E-state index in [0.29, 0.717) is 12.4 Å². The standard InChI is InChI=1S/C12H18N4O/c1-3-10(6-8-17)13-12-14-11-9(2)5-4-7-16(11)15-12/h4-5,7,10,17H,3,6,8H2,1-2H3,(H,13,15). The maximum absolute atomic E-state index is 8.94. The number of hydrogen-bond acceptors (Lipinski definition) is 4. The average Bonchev–Trinajstić information content (AvgIpc) is 2.72. The van der Waals surface area contributed by atoms with Gasteiger partial charge in [0.15, 0.2) is 5.65 Å². The lowest BCUT2D eigenvalue weighted by molar-refractivity contribution is 0.278. The number of pyridine rings is 1. The summed E-state index contributed by atoms with van der Waals surface area (Å²) in [5.74, 6) is 0.625. The topological polar surface area (TPSA) is 62.5 Å². The van der Waals surface area contributed by atoms with Crippen molar-refractivity contribution < 1.29 is 5.11 Å². The summed E-state index contributed by atoms with van der Waals surface area (Å²) < 4.78 is 1.77. The van der Waals surface area contributed by atoms with Gasteiger partial charge in [0, 0.05) is 18.8 Å². The lowest BCUT2D eigenvalue weighted by Gasteiger charge is -2.13. The second kappa shape index (κ2) is 5.14. The highest BCUT2D eigenvalue weighted by atomic mass is 16.3. The molecule has 2 aromatic heterocycles. The van der Waals surface area contributed by atoms with Crippen LogP contribution in [-0.4, -0.2) is 32.4 Å². The highest BCUT2D eigenvalue weighted by Crippen LogP contribution is 2.12. The third-order valence-corrected chi connectivity index (χ3v) is 2.86. The first-order chi connectivity index (χ1) is 8.24. The van der Waals surface area contributed by atoms with E-state index < -0.39 is 0 Å². The quantitative estimate of drug-likeness (QED) is 0.825. The fourth-order valence-corrected chi connectivity index (χ4v) is 1.82. The number of anilines is 1. The van der Waals surface area contributed by atoms with Gasteiger partial charge in [-0.3, -0.25) is 0 Å². The van der Waals surface area contributed by atoms with Crippen LogP contribution in [0.5, 0.6) is 0 Å². The highest BCUT2D eigenvalue weighted by Gasteiger charge is 2.10. The molecule has 0 spiro atoms. The minimum atomic E-state index is 0.178. The molecule has 2 N–H and O–H groups in total. The van der Waals surface area contributed by atoms with E-state index in [1.807, 2.05) is 25.3 Å². The fourth-order valence-electron chi connectivity index (χ4n) is 1.82. The minimum absolute atomic E-state index is 0.178. The van der Waals surface area contributed by atoms with Gasteiger partial charge in [-0.15, -0.1) is 5.10 Å². The summed E-state index contributed by atoms with van der Waals surface area (Å²) in [6, 6.07) is 4.18. The van der Waals surface area contributed by atoms with Gasteiger partial charge < -0.3 is 10.4 Å². The first-order valence-electron chi connectivity index (χ1n) is 5.94. The molecule has 5 heteroatoms. The van der Waals surface area contributed by atoms with E-state index in [4.69, 9.17) is 5.11 Å². The zero-order chi connectivity index (χ0) is 12.3. The molecule has 0 aliphatic heterocycles. The normalized spacial score (nSPS) is 12.9. The molecule has 1 unspecified atom stereocenters. The number of aliphatic hydroxyl groups is 1. The van der Waals surface area contributed by atoms with Crippen LogP contribution in [0.2, 0.25) is 0 Å². The second-order valence-corrected chi connectivity index (χ2v) is 4.16. The Hall–Kier alpha value is -1.62. The van der Waals surface area contributed by atoms with Crippen LogP contribution in [0.15, 0.2) is 18.3 Å². The molecule has 5 nitrogen and oxygen atoms in total. The van der Waals surface area contributed by atoms with Crippen LogP contribution in [0, 0.1) is 6.92 Å². The fraction of sp³-hybridized carbons (Fsp3) is 0.500. The number of aromatic nitrogens is 3. The monoisotopic (exact) mass is 234 g/mol. The van der Waals surface area contributed by atoms with Gasteiger partial charge in [0.05, 0.1) is 0 Å². The van der Waals surface area contributed by atoms with Crippen molar-refractivity contribution in [2.75, 3.05) is 11.9 Å². The molecule has 2 rings (SSSR count). The van der Waals surface area contributed by atoms with E-state index in [9.17, 15) is 0 Å². The number of fused-ring (bicyclic) bond motifs is 1. The number of nitrogens with one attached hydrogen (secondary N) is 1. The Labute approximate surface area is 100 Å². The molecule has 0 saturated carbocycles. The molecule has 0 aliphatic rings. The molecule has 17 heavy (non-hydrogen) atoms. The van der Waals surface area contributed by atoms with Crippen molar-refractivity contribution in [1.82, 2.24) is 14.6 Å². The van der Waals surface area contributed by atoms with Crippen LogP contribution in [-0.2, 0) is 0 Å². The molecule has 2 heterocycles. The first kappa shape index (κ1) is 11.9. The molecule has 92 valence electrons. The number of hydrogen-bond donors (Lipinski definition) is 2. The average molecular weight is 234 g/mol. The molecular formula is C12H18N4O. The van der Waals surface area contributed by atoms with Gasteiger partial charge in [-0.2, -0.15) is 4.98 Å². The Morgan fingerprint density at radius 3 is 3.00 bits per heavy atom. The second-order valence-electron chi connectivity index (χ2n) is 4.16. The Kier molecular flexibility index (Phi) is 3.58. The zero-order valence-electron chi connectivity index (χ0n) is 10.2. The predicted octanol–water partition coefficient (Wildman–Crippen LogP) is 1.61. The Balaban J connectivity index is 2.21. The van der Waals surface area contributed by atoms with Crippen molar-refractivity contribution in [2.24, 2.45) is 0 Å². The lowest BCUT2D eigenvalue weighted by Crippen LogP contribution is -2.20. The third kappa shape index (κ3) is 2.55. The van der Waals surface area contributed by atoms with Crippen molar-refractivity contribution in [1.29, 1.82) is 0 Å². The summed E-state index contributed by atoms with van der Waals surface area (Å²) in [5, 5.41) is 16.5. The Morgan fingerprint density at radius 2 is 2.35 bits per heavy atom. The van der Waals surface area contributed by atoms with E-state index in [1.54, 1.807) is 4.52 Å². The number of nitrogens with zero attached hydrogens (tertiary/aromatic N) is 3. The first-order valence-corrected chi connectivity index (χ1v) is 5.94. The van der Waals surface area contributed by atoms with Crippen molar-refractivity contribution in [3.05, 3.63) is 23.9 Å². The van der Waals surface area contributed by atoms with Gasteiger partial charge in [0.1, 0.15) is 0 Å². The van der Waals surface area contributed by atoms with Crippen LogP contribution in [0.25, 0.3) is 5.65 Å². The van der Waals surface area contributed by atoms with Gasteiger partial charge in [0.2, 0.25) is 5.95 Å². The van der Waals surface area contributed by atoms with Crippen LogP contribution < -0.4 is 5.32 Å². The van der Waals surface area contributed by atoms with Crippen LogP contribution >= 0.6 is 0 Å². The van der Waals surface area contributed by atoms with Crippen LogP contribution in [0.1, 0.15) is 25.3 Å². The number of aliphatic hydroxyl groups excluding tert-OH is 1. The predicted molar refractivity (Wildman–Crippen MR) is 67.1 cm³/mol.